The number of halogens is 1. The Hall–Kier alpha value is -4.48. The van der Waals surface area contributed by atoms with Crippen molar-refractivity contribution in [2.45, 2.75) is 26.1 Å². The average Bonchev–Trinajstić information content (AvgIpc) is 2.95. The molecule has 0 radical (unpaired) electrons. The average molecular weight is 632 g/mol. The maximum absolute atomic E-state index is 12.4. The number of hydrogen-bond donors (Lipinski definition) is 4. The number of urea groups is 1. The summed E-state index contributed by atoms with van der Waals surface area (Å²) >= 11 is 3.38. The standard InChI is InChI=1S/C27H30BrN5O8/c1-5-39-20-11-16(24-23(26(35)38-4)15(2)31-27(36)32-24)6-7-19(20)41-14-22(34)33-30-13-17-10-18(28)12-21(37-3)25(17)40-9-8-29/h6-7,10-13,22,24,33-34H,5,9,14H2,1-4H3,(H2,31,32,36)/b30-13+/t22-,24-/m0/s1. The van der Waals surface area contributed by atoms with Gasteiger partial charge in [-0.3, -0.25) is 5.43 Å². The summed E-state index contributed by atoms with van der Waals surface area (Å²) in [6, 6.07) is 9.00. The monoisotopic (exact) mass is 631 g/mol. The fourth-order valence-electron chi connectivity index (χ4n) is 3.91. The first-order valence-corrected chi connectivity index (χ1v) is 13.1. The van der Waals surface area contributed by atoms with E-state index in [4.69, 9.17) is 28.9 Å². The highest BCUT2D eigenvalue weighted by Gasteiger charge is 2.32. The zero-order valence-corrected chi connectivity index (χ0v) is 24.4. The van der Waals surface area contributed by atoms with Crippen LogP contribution in [0.25, 0.3) is 0 Å². The van der Waals surface area contributed by atoms with Crippen LogP contribution in [0.5, 0.6) is 23.0 Å². The number of ether oxygens (including phenoxy) is 5. The van der Waals surface area contributed by atoms with Gasteiger partial charge >= 0.3 is 12.0 Å². The molecule has 2 aromatic carbocycles. The molecule has 2 amide bonds. The van der Waals surface area contributed by atoms with Gasteiger partial charge in [-0.15, -0.1) is 0 Å². The van der Waals surface area contributed by atoms with Crippen molar-refractivity contribution in [1.29, 1.82) is 5.26 Å². The summed E-state index contributed by atoms with van der Waals surface area (Å²) in [7, 11) is 2.74. The predicted molar refractivity (Wildman–Crippen MR) is 151 cm³/mol. The highest BCUT2D eigenvalue weighted by Crippen LogP contribution is 2.35. The second kappa shape index (κ2) is 14.8. The third-order valence-electron chi connectivity index (χ3n) is 5.65. The van der Waals surface area contributed by atoms with E-state index in [-0.39, 0.29) is 18.8 Å². The molecule has 218 valence electrons. The van der Waals surface area contributed by atoms with Gasteiger partial charge in [-0.05, 0) is 43.7 Å². The zero-order valence-electron chi connectivity index (χ0n) is 22.8. The number of nitrogens with one attached hydrogen (secondary N) is 3. The van der Waals surface area contributed by atoms with Crippen molar-refractivity contribution in [3.8, 4) is 29.1 Å². The number of rotatable bonds is 13. The normalized spacial score (nSPS) is 15.3. The molecule has 4 N–H and O–H groups in total. The summed E-state index contributed by atoms with van der Waals surface area (Å²) in [5.74, 6) is 0.805. The lowest BCUT2D eigenvalue weighted by atomic mass is 9.95. The molecule has 2 aromatic rings. The molecule has 41 heavy (non-hydrogen) atoms. The Morgan fingerprint density at radius 3 is 2.68 bits per heavy atom. The molecule has 14 heteroatoms. The van der Waals surface area contributed by atoms with E-state index in [1.807, 2.05) is 6.07 Å². The van der Waals surface area contributed by atoms with E-state index in [9.17, 15) is 14.7 Å². The van der Waals surface area contributed by atoms with Gasteiger partial charge in [-0.1, -0.05) is 22.0 Å². The van der Waals surface area contributed by atoms with E-state index >= 15 is 0 Å². The predicted octanol–water partition coefficient (Wildman–Crippen LogP) is 2.88. The molecule has 1 aliphatic heterocycles. The lowest BCUT2D eigenvalue weighted by Gasteiger charge is -2.28. The van der Waals surface area contributed by atoms with Gasteiger partial charge in [0.1, 0.15) is 12.7 Å². The van der Waals surface area contributed by atoms with Crippen molar-refractivity contribution >= 4 is 34.1 Å². The van der Waals surface area contributed by atoms with Crippen LogP contribution in [0, 0.1) is 11.3 Å². The van der Waals surface area contributed by atoms with Crippen LogP contribution in [0.4, 0.5) is 4.79 Å². The summed E-state index contributed by atoms with van der Waals surface area (Å²) in [4.78, 5) is 24.5. The Morgan fingerprint density at radius 1 is 1.22 bits per heavy atom. The van der Waals surface area contributed by atoms with Crippen LogP contribution in [0.3, 0.4) is 0 Å². The van der Waals surface area contributed by atoms with E-state index in [1.165, 1.54) is 20.4 Å². The van der Waals surface area contributed by atoms with Crippen molar-refractivity contribution < 1.29 is 38.4 Å². The van der Waals surface area contributed by atoms with E-state index in [1.54, 1.807) is 44.2 Å². The van der Waals surface area contributed by atoms with Gasteiger partial charge < -0.3 is 39.4 Å². The number of esters is 1. The van der Waals surface area contributed by atoms with Gasteiger partial charge in [0.25, 0.3) is 0 Å². The lowest BCUT2D eigenvalue weighted by molar-refractivity contribution is -0.136. The van der Waals surface area contributed by atoms with Crippen molar-refractivity contribution in [3.05, 3.63) is 57.2 Å². The summed E-state index contributed by atoms with van der Waals surface area (Å²) < 4.78 is 27.9. The molecule has 0 fully saturated rings. The van der Waals surface area contributed by atoms with Gasteiger partial charge in [0.15, 0.2) is 35.8 Å². The fraction of sp³-hybridized carbons (Fsp3) is 0.333. The Balaban J connectivity index is 1.73. The zero-order chi connectivity index (χ0) is 29.9. The van der Waals surface area contributed by atoms with E-state index in [2.05, 4.69) is 37.1 Å². The van der Waals surface area contributed by atoms with Crippen LogP contribution in [0.2, 0.25) is 0 Å². The molecule has 0 bridgehead atoms. The van der Waals surface area contributed by atoms with Crippen molar-refractivity contribution in [3.63, 3.8) is 0 Å². The Kier molecular flexibility index (Phi) is 11.2. The largest absolute Gasteiger partial charge is 0.493 e. The van der Waals surface area contributed by atoms with Gasteiger partial charge in [-0.2, -0.15) is 10.4 Å². The molecule has 0 spiro atoms. The molecular weight excluding hydrogens is 602 g/mol. The molecule has 1 heterocycles. The molecular formula is C27H30BrN5O8. The maximum atomic E-state index is 12.4. The SMILES string of the molecule is CCOc1cc([C@@H]2NC(=O)NC(C)=C2C(=O)OC)ccc1OC[C@H](O)N/N=C/c1cc(Br)cc(OC)c1OCC#N. The Morgan fingerprint density at radius 2 is 2.00 bits per heavy atom. The van der Waals surface area contributed by atoms with Crippen LogP contribution in [-0.2, 0) is 9.53 Å². The number of carbonyl (C=O) groups excluding carboxylic acids is 2. The third-order valence-corrected chi connectivity index (χ3v) is 6.11. The minimum atomic E-state index is -1.21. The Labute approximate surface area is 245 Å². The number of amides is 2. The van der Waals surface area contributed by atoms with E-state index < -0.39 is 24.3 Å². The number of methoxy groups -OCH3 is 2. The van der Waals surface area contributed by atoms with Crippen LogP contribution in [0.15, 0.2) is 51.2 Å². The first-order chi connectivity index (χ1) is 19.7. The van der Waals surface area contributed by atoms with Crippen LogP contribution < -0.4 is 35.0 Å². The van der Waals surface area contributed by atoms with Crippen molar-refractivity contribution in [1.82, 2.24) is 16.1 Å². The number of nitrogens with zero attached hydrogens (tertiary/aromatic N) is 2. The summed E-state index contributed by atoms with van der Waals surface area (Å²) in [5, 5.41) is 28.6. The van der Waals surface area contributed by atoms with Gasteiger partial charge in [-0.25, -0.2) is 9.59 Å². The van der Waals surface area contributed by atoms with Crippen LogP contribution in [0.1, 0.15) is 31.0 Å². The molecule has 0 saturated heterocycles. The highest BCUT2D eigenvalue weighted by atomic mass is 79.9. The highest BCUT2D eigenvalue weighted by molar-refractivity contribution is 9.10. The van der Waals surface area contributed by atoms with Crippen LogP contribution in [-0.4, -0.2) is 63.6 Å². The minimum absolute atomic E-state index is 0.187. The molecule has 3 rings (SSSR count). The number of aliphatic hydroxyl groups is 1. The maximum Gasteiger partial charge on any atom is 0.337 e. The third kappa shape index (κ3) is 8.03. The molecule has 1 aliphatic rings. The van der Waals surface area contributed by atoms with Crippen LogP contribution >= 0.6 is 15.9 Å². The number of hydrogen-bond acceptors (Lipinski definition) is 11. The number of aliphatic hydroxyl groups excluding tert-OH is 1. The summed E-state index contributed by atoms with van der Waals surface area (Å²) in [6.45, 7) is 3.33. The topological polar surface area (TPSA) is 173 Å². The molecule has 0 unspecified atom stereocenters. The molecule has 0 aromatic heterocycles. The summed E-state index contributed by atoms with van der Waals surface area (Å²) in [5.41, 5.74) is 4.26. The second-order valence-corrected chi connectivity index (χ2v) is 9.30. The van der Waals surface area contributed by atoms with Crippen molar-refractivity contribution in [2.24, 2.45) is 5.10 Å². The summed E-state index contributed by atoms with van der Waals surface area (Å²) in [6.07, 6.45) is 0.198. The van der Waals surface area contributed by atoms with Gasteiger partial charge in [0, 0.05) is 15.7 Å². The van der Waals surface area contributed by atoms with Gasteiger partial charge in [0.2, 0.25) is 0 Å². The van der Waals surface area contributed by atoms with Gasteiger partial charge in [0.05, 0.1) is 38.7 Å². The lowest BCUT2D eigenvalue weighted by Crippen LogP contribution is -2.45. The fourth-order valence-corrected chi connectivity index (χ4v) is 4.36. The number of hydrazone groups is 1. The molecule has 2 atom stereocenters. The smallest absolute Gasteiger partial charge is 0.337 e. The van der Waals surface area contributed by atoms with Crippen molar-refractivity contribution in [2.75, 3.05) is 34.0 Å². The first-order valence-electron chi connectivity index (χ1n) is 12.3. The second-order valence-electron chi connectivity index (χ2n) is 8.39. The molecule has 13 nitrogen and oxygen atoms in total. The number of allylic oxidation sites excluding steroid dienone is 1. The Bertz CT molecular complexity index is 1370. The minimum Gasteiger partial charge on any atom is -0.493 e. The number of benzene rings is 2. The van der Waals surface area contributed by atoms with E-state index in [0.29, 0.717) is 50.9 Å². The molecule has 0 saturated carbocycles. The quantitative estimate of drug-likeness (QED) is 0.111. The number of nitriles is 1. The molecule has 0 aliphatic carbocycles. The first kappa shape index (κ1) is 31.1. The number of carbonyl (C=O) groups is 2. The van der Waals surface area contributed by atoms with E-state index in [0.717, 1.165) is 0 Å².